The number of fused-ring (bicyclic) bond motifs is 1. The Balaban J connectivity index is 0. The van der Waals surface area contributed by atoms with Crippen LogP contribution in [-0.2, 0) is 9.31 Å². The molecule has 2 aliphatic heterocycles. The second kappa shape index (κ2) is 12.9. The Hall–Kier alpha value is -1.13. The number of hydrogen-bond donors (Lipinski definition) is 0. The van der Waals surface area contributed by atoms with E-state index in [0.717, 1.165) is 11.5 Å². The molecule has 0 spiro atoms. The molecular formula is C14H28B2O4. The highest BCUT2D eigenvalue weighted by atomic mass is 16.8. The quantitative estimate of drug-likeness (QED) is 0.662. The van der Waals surface area contributed by atoms with E-state index in [1.807, 2.05) is 65.6 Å². The summed E-state index contributed by atoms with van der Waals surface area (Å²) in [4.78, 5) is 0. The van der Waals surface area contributed by atoms with Gasteiger partial charge in [0.05, 0.1) is 0 Å². The maximum Gasteiger partial charge on any atom is 0.591 e. The van der Waals surface area contributed by atoms with E-state index in [4.69, 9.17) is 18.6 Å². The van der Waals surface area contributed by atoms with Gasteiger partial charge in [0.2, 0.25) is 0 Å². The minimum atomic E-state index is -0.127. The summed E-state index contributed by atoms with van der Waals surface area (Å²) in [6.07, 6.45) is 0. The molecule has 2 aliphatic rings. The van der Waals surface area contributed by atoms with Gasteiger partial charge >= 0.3 is 14.2 Å². The van der Waals surface area contributed by atoms with E-state index < -0.39 is 0 Å². The van der Waals surface area contributed by atoms with Crippen LogP contribution in [0.3, 0.4) is 0 Å². The molecule has 114 valence electrons. The average Bonchev–Trinajstić information content (AvgIpc) is 2.82. The summed E-state index contributed by atoms with van der Waals surface area (Å²) in [6.45, 7) is 12.2. The molecule has 0 aliphatic carbocycles. The van der Waals surface area contributed by atoms with Gasteiger partial charge in [-0.2, -0.15) is 0 Å². The second-order valence-corrected chi connectivity index (χ2v) is 3.27. The molecule has 1 aromatic carbocycles. The minimum absolute atomic E-state index is 0. The Morgan fingerprint density at radius 2 is 1.15 bits per heavy atom. The molecule has 1 fully saturated rings. The summed E-state index contributed by atoms with van der Waals surface area (Å²) in [5.74, 6) is 1.69. The van der Waals surface area contributed by atoms with Crippen LogP contribution in [0.4, 0.5) is 0 Å². The van der Waals surface area contributed by atoms with E-state index in [1.165, 1.54) is 0 Å². The van der Waals surface area contributed by atoms with E-state index in [2.05, 4.69) is 0 Å². The number of rotatable bonds is 0. The van der Waals surface area contributed by atoms with Crippen LogP contribution in [-0.4, -0.2) is 21.0 Å². The molecule has 0 aromatic heterocycles. The van der Waals surface area contributed by atoms with E-state index >= 15 is 0 Å². The monoisotopic (exact) mass is 282 g/mol. The molecule has 1 aromatic rings. The molecule has 0 amide bonds. The maximum absolute atomic E-state index is 5.28. The van der Waals surface area contributed by atoms with Gasteiger partial charge in [0.1, 0.15) is 18.3 Å². The molecule has 0 bridgehead atoms. The van der Waals surface area contributed by atoms with E-state index in [0.29, 0.717) is 6.79 Å². The molecule has 0 atom stereocenters. The van der Waals surface area contributed by atoms with Crippen LogP contribution in [0.5, 0.6) is 11.5 Å². The molecule has 4 nitrogen and oxygen atoms in total. The van der Waals surface area contributed by atoms with Gasteiger partial charge in [-0.3, -0.25) is 0 Å². The van der Waals surface area contributed by atoms with Gasteiger partial charge in [0.15, 0.2) is 0 Å². The zero-order valence-electron chi connectivity index (χ0n) is 12.8. The molecule has 0 N–H and O–H groups in total. The Labute approximate surface area is 125 Å². The smallest absolute Gasteiger partial charge is 0.523 e. The van der Waals surface area contributed by atoms with Crippen molar-refractivity contribution in [3.05, 3.63) is 24.3 Å². The lowest BCUT2D eigenvalue weighted by Crippen LogP contribution is -2.31. The lowest BCUT2D eigenvalue weighted by atomic mass is 9.94. The fraction of sp³-hybridized carbons (Fsp3) is 0.571. The minimum Gasteiger partial charge on any atom is -0.523 e. The Morgan fingerprint density at radius 3 is 1.40 bits per heavy atom. The van der Waals surface area contributed by atoms with Crippen LogP contribution >= 0.6 is 0 Å². The SMILES string of the molecule is C.CB1OCO1.CB1Oc2ccccc2O1.CC.CC. The first-order valence-corrected chi connectivity index (χ1v) is 6.91. The van der Waals surface area contributed by atoms with E-state index in [9.17, 15) is 0 Å². The van der Waals surface area contributed by atoms with Crippen LogP contribution in [0.1, 0.15) is 35.1 Å². The normalized spacial score (nSPS) is 13.1. The first kappa shape index (κ1) is 21.2. The molecular weight excluding hydrogens is 254 g/mol. The summed E-state index contributed by atoms with van der Waals surface area (Å²) in [7, 11) is -0.0626. The van der Waals surface area contributed by atoms with Gasteiger partial charge in [-0.15, -0.1) is 0 Å². The first-order chi connectivity index (χ1) is 9.25. The standard InChI is InChI=1S/C7H7BO2.C2H5BO2.2C2H6.CH4/c1-8-9-6-4-2-3-5-7(6)10-8;1-3-4-2-5-3;2*1-2;/h2-5H,1H3;2H2,1H3;2*1-2H3;1H4. The Morgan fingerprint density at radius 1 is 0.800 bits per heavy atom. The Kier molecular flexibility index (Phi) is 13.6. The fourth-order valence-electron chi connectivity index (χ4n) is 1.23. The van der Waals surface area contributed by atoms with Gasteiger partial charge in [-0.05, 0) is 25.8 Å². The highest BCUT2D eigenvalue weighted by molar-refractivity contribution is 6.45. The average molecular weight is 282 g/mol. The number of para-hydroxylation sites is 2. The zero-order chi connectivity index (χ0) is 14.7. The highest BCUT2D eigenvalue weighted by Crippen LogP contribution is 2.32. The molecule has 0 unspecified atom stereocenters. The van der Waals surface area contributed by atoms with Crippen LogP contribution in [0.25, 0.3) is 0 Å². The zero-order valence-corrected chi connectivity index (χ0v) is 12.8. The maximum atomic E-state index is 5.28. The summed E-state index contributed by atoms with van der Waals surface area (Å²) in [6, 6.07) is 7.66. The van der Waals surface area contributed by atoms with Crippen LogP contribution < -0.4 is 9.31 Å². The third kappa shape index (κ3) is 7.46. The van der Waals surface area contributed by atoms with Crippen molar-refractivity contribution in [2.75, 3.05) is 6.79 Å². The molecule has 1 saturated heterocycles. The number of hydrogen-bond acceptors (Lipinski definition) is 4. The van der Waals surface area contributed by atoms with Gasteiger partial charge < -0.3 is 18.6 Å². The predicted molar refractivity (Wildman–Crippen MR) is 87.4 cm³/mol. The van der Waals surface area contributed by atoms with Gasteiger partial charge in [-0.1, -0.05) is 47.3 Å². The summed E-state index contributed by atoms with van der Waals surface area (Å²) in [5, 5.41) is 0. The molecule has 0 saturated carbocycles. The summed E-state index contributed by atoms with van der Waals surface area (Å²) < 4.78 is 20.0. The summed E-state index contributed by atoms with van der Waals surface area (Å²) >= 11 is 0. The Bertz CT molecular complexity index is 308. The third-order valence-electron chi connectivity index (χ3n) is 2.04. The van der Waals surface area contributed by atoms with Crippen molar-refractivity contribution in [2.24, 2.45) is 0 Å². The van der Waals surface area contributed by atoms with Crippen molar-refractivity contribution in [1.29, 1.82) is 0 Å². The highest BCUT2D eigenvalue weighted by Gasteiger charge is 2.24. The van der Waals surface area contributed by atoms with Gasteiger partial charge in [-0.25, -0.2) is 0 Å². The van der Waals surface area contributed by atoms with Crippen molar-refractivity contribution in [2.45, 2.75) is 48.8 Å². The topological polar surface area (TPSA) is 36.9 Å². The van der Waals surface area contributed by atoms with E-state index in [-0.39, 0.29) is 21.7 Å². The van der Waals surface area contributed by atoms with Gasteiger partial charge in [0, 0.05) is 0 Å². The molecule has 20 heavy (non-hydrogen) atoms. The second-order valence-electron chi connectivity index (χ2n) is 3.27. The van der Waals surface area contributed by atoms with Crippen molar-refractivity contribution < 1.29 is 18.6 Å². The van der Waals surface area contributed by atoms with Gasteiger partial charge in [0.25, 0.3) is 0 Å². The third-order valence-corrected chi connectivity index (χ3v) is 2.04. The summed E-state index contributed by atoms with van der Waals surface area (Å²) in [5.41, 5.74) is 0. The van der Waals surface area contributed by atoms with Crippen molar-refractivity contribution >= 4 is 14.2 Å². The molecule has 2 heterocycles. The van der Waals surface area contributed by atoms with Crippen molar-refractivity contribution in [3.8, 4) is 11.5 Å². The number of benzene rings is 1. The lowest BCUT2D eigenvalue weighted by Gasteiger charge is -2.18. The predicted octanol–water partition coefficient (Wildman–Crippen LogP) is 4.37. The van der Waals surface area contributed by atoms with Crippen LogP contribution in [0.15, 0.2) is 24.3 Å². The van der Waals surface area contributed by atoms with Crippen LogP contribution in [0.2, 0.25) is 13.6 Å². The molecule has 0 radical (unpaired) electrons. The molecule has 3 rings (SSSR count). The first-order valence-electron chi connectivity index (χ1n) is 6.91. The fourth-order valence-corrected chi connectivity index (χ4v) is 1.23. The van der Waals surface area contributed by atoms with Crippen molar-refractivity contribution in [3.63, 3.8) is 0 Å². The van der Waals surface area contributed by atoms with Crippen LogP contribution in [0, 0.1) is 0 Å². The molecule has 6 heteroatoms. The van der Waals surface area contributed by atoms with Crippen molar-refractivity contribution in [1.82, 2.24) is 0 Å². The van der Waals surface area contributed by atoms with E-state index in [1.54, 1.807) is 0 Å². The lowest BCUT2D eigenvalue weighted by molar-refractivity contribution is -0.00865. The largest absolute Gasteiger partial charge is 0.591 e.